The smallest absolute Gasteiger partial charge is 0.0210 e. The van der Waals surface area contributed by atoms with Crippen LogP contribution in [0, 0.1) is 0 Å². The first-order valence-electron chi connectivity index (χ1n) is 31.6. The van der Waals surface area contributed by atoms with Crippen molar-refractivity contribution in [2.45, 2.75) is 96.3 Å². The van der Waals surface area contributed by atoms with E-state index in [-0.39, 0.29) is 16.2 Å². The highest BCUT2D eigenvalue weighted by Gasteiger charge is 2.44. The molecule has 0 unspecified atom stereocenters. The molecule has 0 aromatic heterocycles. The molecular formula is C85H70. The lowest BCUT2D eigenvalue weighted by atomic mass is 9.72. The van der Waals surface area contributed by atoms with Gasteiger partial charge in [0.05, 0.1) is 0 Å². The van der Waals surface area contributed by atoms with Crippen LogP contribution < -0.4 is 0 Å². The Bertz CT molecular complexity index is 4780. The molecule has 0 spiro atoms. The molecule has 13 aromatic rings. The van der Waals surface area contributed by atoms with Crippen molar-refractivity contribution >= 4 is 43.1 Å². The summed E-state index contributed by atoms with van der Waals surface area (Å²) in [5.41, 5.74) is 29.8. The first-order valence-corrected chi connectivity index (χ1v) is 31.6. The molecule has 0 heteroatoms. The van der Waals surface area contributed by atoms with Gasteiger partial charge in [-0.2, -0.15) is 0 Å². The van der Waals surface area contributed by atoms with E-state index in [1.54, 1.807) is 0 Å². The molecule has 16 rings (SSSR count). The molecule has 0 saturated carbocycles. The van der Waals surface area contributed by atoms with Crippen LogP contribution in [-0.4, -0.2) is 0 Å². The third kappa shape index (κ3) is 7.09. The summed E-state index contributed by atoms with van der Waals surface area (Å²) in [6.45, 7) is 14.4. The summed E-state index contributed by atoms with van der Waals surface area (Å²) >= 11 is 0. The Morgan fingerprint density at radius 2 is 0.412 bits per heavy atom. The van der Waals surface area contributed by atoms with Gasteiger partial charge in [0.25, 0.3) is 0 Å². The predicted octanol–water partition coefficient (Wildman–Crippen LogP) is 23.9. The molecule has 0 aliphatic heterocycles. The second-order valence-electron chi connectivity index (χ2n) is 24.8. The molecule has 0 atom stereocenters. The van der Waals surface area contributed by atoms with E-state index in [0.717, 1.165) is 38.5 Å². The fraction of sp³-hybridized carbons (Fsp3) is 0.176. The Hall–Kier alpha value is -9.10. The minimum absolute atomic E-state index is 0.00138. The lowest BCUT2D eigenvalue weighted by Crippen LogP contribution is -2.23. The van der Waals surface area contributed by atoms with E-state index in [1.165, 1.54) is 165 Å². The van der Waals surface area contributed by atoms with Gasteiger partial charge >= 0.3 is 0 Å². The van der Waals surface area contributed by atoms with Crippen LogP contribution in [0.1, 0.15) is 113 Å². The zero-order valence-corrected chi connectivity index (χ0v) is 49.8. The van der Waals surface area contributed by atoms with E-state index in [4.69, 9.17) is 0 Å². The Morgan fingerprint density at radius 1 is 0.188 bits per heavy atom. The maximum Gasteiger partial charge on any atom is 0.0210 e. The summed E-state index contributed by atoms with van der Waals surface area (Å²) in [6, 6.07) is 93.9. The summed E-state index contributed by atoms with van der Waals surface area (Å²) in [4.78, 5) is 0. The molecule has 0 N–H and O–H groups in total. The Labute approximate surface area is 501 Å². The van der Waals surface area contributed by atoms with Crippen molar-refractivity contribution in [1.82, 2.24) is 0 Å². The highest BCUT2D eigenvalue weighted by molar-refractivity contribution is 6.23. The van der Waals surface area contributed by atoms with Crippen LogP contribution in [0.4, 0.5) is 0 Å². The Kier molecular flexibility index (Phi) is 11.8. The van der Waals surface area contributed by atoms with E-state index < -0.39 is 0 Å². The normalized spacial score (nSPS) is 14.6. The molecule has 13 aromatic carbocycles. The summed E-state index contributed by atoms with van der Waals surface area (Å²) in [6.07, 6.45) is 6.24. The van der Waals surface area contributed by atoms with Crippen LogP contribution in [0.5, 0.6) is 0 Å². The summed E-state index contributed by atoms with van der Waals surface area (Å²) in [5, 5.41) is 10.4. The monoisotopic (exact) mass is 1090 g/mol. The quantitative estimate of drug-likeness (QED) is 0.113. The molecular weight excluding hydrogens is 1020 g/mol. The van der Waals surface area contributed by atoms with Crippen LogP contribution in [0.2, 0.25) is 0 Å². The Balaban J connectivity index is 0.789. The van der Waals surface area contributed by atoms with Crippen molar-refractivity contribution in [2.24, 2.45) is 0 Å². The fourth-order valence-corrected chi connectivity index (χ4v) is 17.4. The van der Waals surface area contributed by atoms with E-state index in [1.807, 2.05) is 0 Å². The first kappa shape index (κ1) is 51.5. The van der Waals surface area contributed by atoms with Gasteiger partial charge in [0.1, 0.15) is 0 Å². The number of benzene rings is 13. The van der Waals surface area contributed by atoms with Gasteiger partial charge in [-0.15, -0.1) is 0 Å². The molecule has 0 bridgehead atoms. The van der Waals surface area contributed by atoms with E-state index in [0.29, 0.717) is 0 Å². The molecule has 0 amide bonds. The number of hydrogen-bond acceptors (Lipinski definition) is 0. The lowest BCUT2D eigenvalue weighted by Gasteiger charge is -2.31. The molecule has 3 aliphatic carbocycles. The van der Waals surface area contributed by atoms with Crippen molar-refractivity contribution in [2.75, 3.05) is 0 Å². The average Bonchev–Trinajstić information content (AvgIpc) is 2.64. The van der Waals surface area contributed by atoms with Gasteiger partial charge in [-0.3, -0.25) is 0 Å². The third-order valence-electron chi connectivity index (χ3n) is 21.7. The van der Waals surface area contributed by atoms with Crippen LogP contribution in [0.15, 0.2) is 243 Å². The van der Waals surface area contributed by atoms with Crippen molar-refractivity contribution in [3.63, 3.8) is 0 Å². The highest BCUT2D eigenvalue weighted by atomic mass is 14.5. The van der Waals surface area contributed by atoms with Gasteiger partial charge in [0.2, 0.25) is 0 Å². The van der Waals surface area contributed by atoms with Gasteiger partial charge in [-0.05, 0) is 234 Å². The van der Waals surface area contributed by atoms with E-state index in [2.05, 4.69) is 284 Å². The highest BCUT2D eigenvalue weighted by Crippen LogP contribution is 2.59. The van der Waals surface area contributed by atoms with Gasteiger partial charge < -0.3 is 0 Å². The molecule has 0 heterocycles. The molecule has 85 heavy (non-hydrogen) atoms. The van der Waals surface area contributed by atoms with Crippen molar-refractivity contribution in [3.05, 3.63) is 276 Å². The average molecular weight is 1090 g/mol. The van der Waals surface area contributed by atoms with E-state index in [9.17, 15) is 0 Å². The summed E-state index contributed by atoms with van der Waals surface area (Å²) in [7, 11) is 0. The standard InChI is InChI=1S/C85H70/c1-7-83(8-2)73-37-25-24-28-59(73)60-45-40-56(50-76(60)83)81-69-33-20-22-35-71(69)82(72-36-23-21-34-70(72)81)58-42-47-64-62-44-39-55(49-75(62)85(11-5,12-6)78(64)52-58)54-38-43-61-63-46-41-57(51-77(63)84(9-3,10-4)74(61)48-54)80-67-31-18-16-29-65(67)79(53-26-14-13-15-27-53)66-30-17-19-32-68(66)80/h13-52H,7-12H2,1-6H3. The van der Waals surface area contributed by atoms with Crippen molar-refractivity contribution in [3.8, 4) is 89.0 Å². The van der Waals surface area contributed by atoms with Gasteiger partial charge in [0.15, 0.2) is 0 Å². The van der Waals surface area contributed by atoms with Crippen LogP contribution >= 0.6 is 0 Å². The minimum atomic E-state index is -0.136. The van der Waals surface area contributed by atoms with Crippen molar-refractivity contribution in [1.29, 1.82) is 0 Å². The molecule has 0 saturated heterocycles. The van der Waals surface area contributed by atoms with E-state index >= 15 is 0 Å². The number of fused-ring (bicyclic) bond motifs is 13. The molecule has 410 valence electrons. The van der Waals surface area contributed by atoms with Crippen molar-refractivity contribution < 1.29 is 0 Å². The fourth-order valence-electron chi connectivity index (χ4n) is 17.4. The zero-order chi connectivity index (χ0) is 57.3. The second-order valence-corrected chi connectivity index (χ2v) is 24.8. The third-order valence-corrected chi connectivity index (χ3v) is 21.7. The van der Waals surface area contributed by atoms with Gasteiger partial charge in [-0.1, -0.05) is 254 Å². The van der Waals surface area contributed by atoms with Gasteiger partial charge in [0, 0.05) is 16.2 Å². The molecule has 0 fully saturated rings. The molecule has 0 radical (unpaired) electrons. The largest absolute Gasteiger partial charge is 0.0642 e. The summed E-state index contributed by atoms with van der Waals surface area (Å²) < 4.78 is 0. The zero-order valence-electron chi connectivity index (χ0n) is 49.8. The number of rotatable bonds is 11. The first-order chi connectivity index (χ1) is 41.8. The SMILES string of the molecule is CCC1(CC)c2ccccc2-c2ccc(-c3c4ccccc4c(-c4ccc5c(c4)C(CC)(CC)c4cc(-c6ccc7c(c6)C(CC)(CC)c6cc(-c8c9ccccc9c(-c9ccccc9)c9ccccc89)ccc6-7)ccc4-5)c4ccccc34)cc21. The summed E-state index contributed by atoms with van der Waals surface area (Å²) in [5.74, 6) is 0. The van der Waals surface area contributed by atoms with Crippen LogP contribution in [0.25, 0.3) is 132 Å². The van der Waals surface area contributed by atoms with Crippen LogP contribution in [-0.2, 0) is 16.2 Å². The lowest BCUT2D eigenvalue weighted by molar-refractivity contribution is 0.490. The number of hydrogen-bond donors (Lipinski definition) is 0. The predicted molar refractivity (Wildman–Crippen MR) is 364 cm³/mol. The minimum Gasteiger partial charge on any atom is -0.0642 e. The second kappa shape index (κ2) is 19.5. The topological polar surface area (TPSA) is 0 Å². The molecule has 0 nitrogen and oxygen atoms in total. The molecule has 3 aliphatic rings. The maximum atomic E-state index is 2.60. The maximum absolute atomic E-state index is 2.60. The Morgan fingerprint density at radius 3 is 0.718 bits per heavy atom. The van der Waals surface area contributed by atoms with Crippen LogP contribution in [0.3, 0.4) is 0 Å². The van der Waals surface area contributed by atoms with Gasteiger partial charge in [-0.25, -0.2) is 0 Å².